The Balaban J connectivity index is 0.00000323. The third kappa shape index (κ3) is 9.38. The lowest BCUT2D eigenvalue weighted by Gasteiger charge is -2.23. The normalized spacial score (nSPS) is 13.2. The molecule has 1 amide bonds. The van der Waals surface area contributed by atoms with E-state index in [-0.39, 0.29) is 54.6 Å². The number of carbonyl (C=O) groups excluding carboxylic acids is 2. The number of anilines is 2. The highest BCUT2D eigenvalue weighted by atomic mass is 35.5. The highest BCUT2D eigenvalue weighted by Crippen LogP contribution is 2.29. The lowest BCUT2D eigenvalue weighted by Crippen LogP contribution is -3.00. The molecule has 11 nitrogen and oxygen atoms in total. The molecule has 0 radical (unpaired) electrons. The van der Waals surface area contributed by atoms with Crippen molar-refractivity contribution in [2.45, 2.75) is 31.2 Å². The van der Waals surface area contributed by atoms with E-state index in [1.54, 1.807) is 68.0 Å². The fourth-order valence-electron chi connectivity index (χ4n) is 4.31. The molecule has 1 atom stereocenters. The van der Waals surface area contributed by atoms with E-state index in [1.165, 1.54) is 0 Å². The highest BCUT2D eigenvalue weighted by Gasteiger charge is 2.32. The molecule has 0 aliphatic carbocycles. The van der Waals surface area contributed by atoms with Crippen LogP contribution in [0.2, 0.25) is 0 Å². The quantitative estimate of drug-likeness (QED) is 0.126. The Morgan fingerprint density at radius 2 is 1.59 bits per heavy atom. The number of quaternary nitrogens is 3. The molecule has 1 heterocycles. The number of aliphatic imine (C=N–C) groups is 1. The second-order valence-corrected chi connectivity index (χ2v) is 12.5. The predicted octanol–water partition coefficient (Wildman–Crippen LogP) is -8.62. The number of nitrogens with zero attached hydrogens (tertiary/aromatic N) is 1. The van der Waals surface area contributed by atoms with Crippen LogP contribution in [0.15, 0.2) is 82.4 Å². The van der Waals surface area contributed by atoms with Crippen molar-refractivity contribution in [1.82, 2.24) is 0 Å². The van der Waals surface area contributed by atoms with Crippen LogP contribution in [0.1, 0.15) is 20.3 Å². The molecule has 1 aliphatic heterocycles. The second-order valence-electron chi connectivity index (χ2n) is 10.8. The zero-order chi connectivity index (χ0) is 29.8. The van der Waals surface area contributed by atoms with Gasteiger partial charge in [0.2, 0.25) is 5.91 Å². The monoisotopic (exact) mass is 686 g/mol. The number of benzene rings is 3. The van der Waals surface area contributed by atoms with E-state index in [4.69, 9.17) is 4.74 Å². The number of esters is 1. The minimum Gasteiger partial charge on any atom is -1.00 e. The fourth-order valence-corrected chi connectivity index (χ4v) is 5.59. The van der Waals surface area contributed by atoms with E-state index < -0.39 is 27.4 Å². The Kier molecular flexibility index (Phi) is 14.3. The molecular formula is C29H37Cl3N6O5S. The van der Waals surface area contributed by atoms with Crippen LogP contribution < -0.4 is 63.2 Å². The molecular weight excluding hydrogens is 651 g/mol. The number of ether oxygens (including phenoxy) is 1. The Labute approximate surface area is 276 Å². The largest absolute Gasteiger partial charge is 1.00 e. The zero-order valence-corrected chi connectivity index (χ0v) is 27.8. The topological polar surface area (TPSA) is 163 Å². The van der Waals surface area contributed by atoms with Crippen molar-refractivity contribution in [1.29, 1.82) is 0 Å². The molecule has 8 N–H and O–H groups in total. The summed E-state index contributed by atoms with van der Waals surface area (Å²) >= 11 is 0. The first-order valence-electron chi connectivity index (χ1n) is 13.2. The maximum absolute atomic E-state index is 13.3. The zero-order valence-electron chi connectivity index (χ0n) is 24.7. The molecule has 0 spiro atoms. The summed E-state index contributed by atoms with van der Waals surface area (Å²) in [5.74, 6) is -0.859. The number of fused-ring (bicyclic) bond motifs is 1. The summed E-state index contributed by atoms with van der Waals surface area (Å²) in [6, 6.07) is 16.6. The first-order valence-corrected chi connectivity index (χ1v) is 14.7. The third-order valence-electron chi connectivity index (χ3n) is 6.70. The van der Waals surface area contributed by atoms with Crippen molar-refractivity contribution in [3.05, 3.63) is 72.6 Å². The lowest BCUT2D eigenvalue weighted by atomic mass is 9.93. The molecule has 0 bridgehead atoms. The lowest BCUT2D eigenvalue weighted by molar-refractivity contribution is -0.785. The molecule has 0 saturated carbocycles. The van der Waals surface area contributed by atoms with Crippen LogP contribution in [0, 0.1) is 5.41 Å². The van der Waals surface area contributed by atoms with Gasteiger partial charge in [0.25, 0.3) is 10.0 Å². The van der Waals surface area contributed by atoms with E-state index in [1.807, 2.05) is 38.5 Å². The van der Waals surface area contributed by atoms with E-state index in [0.717, 1.165) is 21.7 Å². The van der Waals surface area contributed by atoms with Gasteiger partial charge in [0, 0.05) is 22.1 Å². The second kappa shape index (κ2) is 16.2. The first-order chi connectivity index (χ1) is 19.4. The van der Waals surface area contributed by atoms with E-state index in [2.05, 4.69) is 20.8 Å². The smallest absolute Gasteiger partial charge is 0.365 e. The highest BCUT2D eigenvalue weighted by molar-refractivity contribution is 7.93. The van der Waals surface area contributed by atoms with Crippen LogP contribution in [-0.2, 0) is 24.3 Å². The average Bonchev–Trinajstić information content (AvgIpc) is 3.44. The van der Waals surface area contributed by atoms with Gasteiger partial charge in [-0.2, -0.15) is 0 Å². The van der Waals surface area contributed by atoms with Gasteiger partial charge in [0.1, 0.15) is 24.2 Å². The van der Waals surface area contributed by atoms with Gasteiger partial charge in [-0.05, 0) is 56.3 Å². The van der Waals surface area contributed by atoms with Crippen LogP contribution in [0.3, 0.4) is 0 Å². The van der Waals surface area contributed by atoms with Gasteiger partial charge in [0.15, 0.2) is 12.4 Å². The molecule has 15 heteroatoms. The maximum atomic E-state index is 13.3. The number of hydrogen-bond donors (Lipinski definition) is 5. The number of nitrogens with one attached hydrogen (secondary N) is 3. The van der Waals surface area contributed by atoms with Gasteiger partial charge in [-0.3, -0.25) is 14.8 Å². The van der Waals surface area contributed by atoms with Crippen molar-refractivity contribution >= 4 is 56.1 Å². The van der Waals surface area contributed by atoms with Crippen LogP contribution in [0.5, 0.6) is 0 Å². The SMILES string of the molecule is C[NH+](C)c1cccc2c(S(=O)(=O)Nc3ccc(NC(=O)C(C)(C)COC(=O)C([NH3+])CC4=C[NH2+]C=N4)cc3)cccc12.[Cl-].[Cl-].[Cl-]. The summed E-state index contributed by atoms with van der Waals surface area (Å²) in [5.41, 5.74) is 5.39. The van der Waals surface area contributed by atoms with Crippen LogP contribution in [0.25, 0.3) is 10.8 Å². The van der Waals surface area contributed by atoms with Crippen LogP contribution >= 0.6 is 0 Å². The van der Waals surface area contributed by atoms with Gasteiger partial charge < -0.3 is 57.9 Å². The van der Waals surface area contributed by atoms with Gasteiger partial charge >= 0.3 is 5.97 Å². The standard InChI is InChI=1S/C29H34N6O5S.3ClH/c1-29(2,17-40-27(36)24(30)15-21-16-31-18-32-21)28(37)33-19-11-13-20(14-12-19)34-41(38,39)26-10-6-7-22-23(26)8-5-9-25(22)35(3)4;;;/h5-14,16,18,24,34H,15,17,30H2,1-4H3,(H,31,32)(H,33,37);3*1H. The maximum Gasteiger partial charge on any atom is 0.365 e. The molecule has 1 unspecified atom stereocenters. The number of rotatable bonds is 11. The number of sulfonamides is 1. The molecule has 3 aromatic rings. The van der Waals surface area contributed by atoms with Crippen molar-refractivity contribution < 1.29 is 75.9 Å². The van der Waals surface area contributed by atoms with Crippen LogP contribution in [-0.4, -0.2) is 53.4 Å². The fraction of sp³-hybridized carbons (Fsp3) is 0.276. The molecule has 0 fully saturated rings. The van der Waals surface area contributed by atoms with Crippen molar-refractivity contribution in [2.75, 3.05) is 30.7 Å². The summed E-state index contributed by atoms with van der Waals surface area (Å²) in [6.07, 6.45) is 3.81. The van der Waals surface area contributed by atoms with Gasteiger partial charge in [0.05, 0.1) is 30.8 Å². The summed E-state index contributed by atoms with van der Waals surface area (Å²) in [7, 11) is 0.0977. The van der Waals surface area contributed by atoms with Gasteiger partial charge in [-0.15, -0.1) is 0 Å². The molecule has 0 aromatic heterocycles. The summed E-state index contributed by atoms with van der Waals surface area (Å²) in [4.78, 5) is 30.7. The molecule has 44 heavy (non-hydrogen) atoms. The first kappa shape index (κ1) is 38.8. The number of carbonyl (C=O) groups is 2. The summed E-state index contributed by atoms with van der Waals surface area (Å²) < 4.78 is 34.6. The van der Waals surface area contributed by atoms with Crippen LogP contribution in [0.4, 0.5) is 17.1 Å². The van der Waals surface area contributed by atoms with Crippen molar-refractivity contribution in [3.63, 3.8) is 0 Å². The Morgan fingerprint density at radius 3 is 2.20 bits per heavy atom. The minimum atomic E-state index is -3.88. The molecule has 0 saturated heterocycles. The summed E-state index contributed by atoms with van der Waals surface area (Å²) in [5, 5.41) is 6.09. The van der Waals surface area contributed by atoms with E-state index >= 15 is 0 Å². The van der Waals surface area contributed by atoms with Crippen molar-refractivity contribution in [3.8, 4) is 0 Å². The minimum absolute atomic E-state index is 0. The molecule has 4 rings (SSSR count). The van der Waals surface area contributed by atoms with Gasteiger partial charge in [-0.1, -0.05) is 18.2 Å². The van der Waals surface area contributed by atoms with E-state index in [9.17, 15) is 18.0 Å². The number of halogens is 3. The third-order valence-corrected chi connectivity index (χ3v) is 8.14. The number of hydrogen-bond acceptors (Lipinski definition) is 6. The summed E-state index contributed by atoms with van der Waals surface area (Å²) in [6.45, 7) is 3.21. The number of amides is 1. The van der Waals surface area contributed by atoms with Gasteiger partial charge in [-0.25, -0.2) is 18.2 Å². The Morgan fingerprint density at radius 1 is 0.977 bits per heavy atom. The Bertz CT molecular complexity index is 1630. The molecule has 3 aromatic carbocycles. The Hall–Kier alpha value is -3.23. The number of nitrogens with two attached hydrogens (primary N) is 1. The average molecular weight is 688 g/mol. The molecule has 1 aliphatic rings. The molecule has 240 valence electrons. The van der Waals surface area contributed by atoms with Crippen molar-refractivity contribution in [2.24, 2.45) is 10.4 Å². The van der Waals surface area contributed by atoms with E-state index in [0.29, 0.717) is 23.2 Å². The predicted molar refractivity (Wildman–Crippen MR) is 157 cm³/mol.